The van der Waals surface area contributed by atoms with Crippen molar-refractivity contribution in [2.24, 2.45) is 0 Å². The molecule has 0 aliphatic carbocycles. The quantitative estimate of drug-likeness (QED) is 0.482. The van der Waals surface area contributed by atoms with Crippen LogP contribution in [0.2, 0.25) is 0 Å². The van der Waals surface area contributed by atoms with Crippen LogP contribution in [-0.2, 0) is 5.33 Å². The van der Waals surface area contributed by atoms with Gasteiger partial charge in [-0.3, -0.25) is 0 Å². The second-order valence-corrected chi connectivity index (χ2v) is 8.11. The SMILES string of the molecule is CCC(C)Nc1c(Br)c(CBr)nc2c1nnn2-c1c(C)cc(C)cc1C. The Bertz CT molecular complexity index is 941. The summed E-state index contributed by atoms with van der Waals surface area (Å²) in [5.41, 5.74) is 8.03. The van der Waals surface area contributed by atoms with Crippen LogP contribution >= 0.6 is 31.9 Å². The lowest BCUT2D eigenvalue weighted by Gasteiger charge is -2.17. The normalized spacial score (nSPS) is 12.6. The Kier molecular flexibility index (Phi) is 5.67. The summed E-state index contributed by atoms with van der Waals surface area (Å²) in [7, 11) is 0. The largest absolute Gasteiger partial charge is 0.380 e. The van der Waals surface area contributed by atoms with Crippen LogP contribution in [0.1, 0.15) is 42.7 Å². The Labute approximate surface area is 170 Å². The number of hydrogen-bond donors (Lipinski definition) is 1. The van der Waals surface area contributed by atoms with Crippen molar-refractivity contribution in [3.05, 3.63) is 39.0 Å². The molecule has 0 radical (unpaired) electrons. The first kappa shape index (κ1) is 19.3. The molecule has 3 rings (SSSR count). The van der Waals surface area contributed by atoms with Crippen molar-refractivity contribution in [3.8, 4) is 5.69 Å². The van der Waals surface area contributed by atoms with Crippen molar-refractivity contribution in [1.29, 1.82) is 0 Å². The second kappa shape index (κ2) is 7.64. The van der Waals surface area contributed by atoms with E-state index in [4.69, 9.17) is 4.98 Å². The van der Waals surface area contributed by atoms with Gasteiger partial charge in [0.15, 0.2) is 11.2 Å². The monoisotopic (exact) mass is 479 g/mol. The van der Waals surface area contributed by atoms with Crippen LogP contribution in [0.4, 0.5) is 5.69 Å². The van der Waals surface area contributed by atoms with Crippen LogP contribution in [0.15, 0.2) is 16.6 Å². The van der Waals surface area contributed by atoms with Gasteiger partial charge in [0.05, 0.1) is 21.5 Å². The van der Waals surface area contributed by atoms with Gasteiger partial charge < -0.3 is 5.32 Å². The zero-order chi connectivity index (χ0) is 19.0. The maximum absolute atomic E-state index is 4.83. The molecule has 5 nitrogen and oxygen atoms in total. The van der Waals surface area contributed by atoms with Crippen LogP contribution in [0, 0.1) is 20.8 Å². The summed E-state index contributed by atoms with van der Waals surface area (Å²) < 4.78 is 2.80. The number of halogens is 2. The minimum absolute atomic E-state index is 0.327. The van der Waals surface area contributed by atoms with E-state index in [2.05, 4.69) is 94.2 Å². The fourth-order valence-electron chi connectivity index (χ4n) is 3.19. The van der Waals surface area contributed by atoms with Gasteiger partial charge in [-0.1, -0.05) is 45.8 Å². The third-order valence-electron chi connectivity index (χ3n) is 4.57. The molecule has 0 saturated carbocycles. The Morgan fingerprint density at radius 2 is 1.85 bits per heavy atom. The minimum atomic E-state index is 0.327. The first-order valence-electron chi connectivity index (χ1n) is 8.71. The van der Waals surface area contributed by atoms with E-state index in [-0.39, 0.29) is 0 Å². The Morgan fingerprint density at radius 1 is 1.19 bits per heavy atom. The molecule has 0 aliphatic rings. The minimum Gasteiger partial charge on any atom is -0.380 e. The number of fused-ring (bicyclic) bond motifs is 1. The number of nitrogens with zero attached hydrogens (tertiary/aromatic N) is 4. The summed E-state index contributed by atoms with van der Waals surface area (Å²) in [4.78, 5) is 4.83. The molecule has 2 heterocycles. The number of rotatable bonds is 5. The number of pyridine rings is 1. The van der Waals surface area contributed by atoms with E-state index in [1.54, 1.807) is 0 Å². The molecular formula is C19H23Br2N5. The zero-order valence-electron chi connectivity index (χ0n) is 15.7. The molecule has 138 valence electrons. The van der Waals surface area contributed by atoms with Crippen molar-refractivity contribution < 1.29 is 0 Å². The van der Waals surface area contributed by atoms with Gasteiger partial charge in [0.2, 0.25) is 0 Å². The molecule has 0 fully saturated rings. The lowest BCUT2D eigenvalue weighted by molar-refractivity contribution is 0.763. The Balaban J connectivity index is 2.29. The number of nitrogens with one attached hydrogen (secondary N) is 1. The highest BCUT2D eigenvalue weighted by atomic mass is 79.9. The van der Waals surface area contributed by atoms with Gasteiger partial charge >= 0.3 is 0 Å². The highest BCUT2D eigenvalue weighted by Crippen LogP contribution is 2.35. The van der Waals surface area contributed by atoms with Gasteiger partial charge in [0.25, 0.3) is 0 Å². The van der Waals surface area contributed by atoms with E-state index in [1.807, 2.05) is 4.68 Å². The Hall–Kier alpha value is -1.47. The van der Waals surface area contributed by atoms with Crippen molar-refractivity contribution in [2.75, 3.05) is 5.32 Å². The van der Waals surface area contributed by atoms with Crippen LogP contribution in [0.3, 0.4) is 0 Å². The molecule has 1 unspecified atom stereocenters. The van der Waals surface area contributed by atoms with Gasteiger partial charge in [-0.15, -0.1) is 5.10 Å². The molecule has 1 atom stereocenters. The fourth-order valence-corrected chi connectivity index (χ4v) is 4.50. The summed E-state index contributed by atoms with van der Waals surface area (Å²) in [6, 6.07) is 4.66. The molecule has 3 aromatic rings. The maximum atomic E-state index is 4.83. The molecule has 0 spiro atoms. The number of aryl methyl sites for hydroxylation is 3. The predicted molar refractivity (Wildman–Crippen MR) is 115 cm³/mol. The molecule has 1 aromatic carbocycles. The van der Waals surface area contributed by atoms with E-state index in [0.29, 0.717) is 11.4 Å². The van der Waals surface area contributed by atoms with Crippen LogP contribution in [0.5, 0.6) is 0 Å². The maximum Gasteiger partial charge on any atom is 0.186 e. The Morgan fingerprint density at radius 3 is 2.42 bits per heavy atom. The first-order valence-corrected chi connectivity index (χ1v) is 10.6. The summed E-state index contributed by atoms with van der Waals surface area (Å²) in [5, 5.41) is 13.1. The number of aromatic nitrogens is 4. The molecule has 2 aromatic heterocycles. The summed E-state index contributed by atoms with van der Waals surface area (Å²) >= 11 is 7.24. The summed E-state index contributed by atoms with van der Waals surface area (Å²) in [6.07, 6.45) is 1.02. The summed E-state index contributed by atoms with van der Waals surface area (Å²) in [6.45, 7) is 10.6. The molecule has 0 saturated heterocycles. The van der Waals surface area contributed by atoms with Crippen LogP contribution < -0.4 is 5.32 Å². The average molecular weight is 481 g/mol. The van der Waals surface area contributed by atoms with E-state index in [0.717, 1.165) is 50.3 Å². The topological polar surface area (TPSA) is 55.6 Å². The van der Waals surface area contributed by atoms with Crippen molar-refractivity contribution in [3.63, 3.8) is 0 Å². The summed E-state index contributed by atoms with van der Waals surface area (Å²) in [5.74, 6) is 0. The highest BCUT2D eigenvalue weighted by molar-refractivity contribution is 9.11. The number of alkyl halides is 1. The highest BCUT2D eigenvalue weighted by Gasteiger charge is 2.21. The van der Waals surface area contributed by atoms with Gasteiger partial charge in [0.1, 0.15) is 0 Å². The smallest absolute Gasteiger partial charge is 0.186 e. The van der Waals surface area contributed by atoms with Crippen LogP contribution in [-0.4, -0.2) is 26.0 Å². The first-order chi connectivity index (χ1) is 12.4. The number of anilines is 1. The molecular weight excluding hydrogens is 458 g/mol. The average Bonchev–Trinajstić information content (AvgIpc) is 2.99. The lowest BCUT2D eigenvalue weighted by Crippen LogP contribution is -2.15. The van der Waals surface area contributed by atoms with Crippen LogP contribution in [0.25, 0.3) is 16.9 Å². The molecule has 0 bridgehead atoms. The molecule has 7 heteroatoms. The van der Waals surface area contributed by atoms with Gasteiger partial charge in [-0.2, -0.15) is 4.68 Å². The molecule has 0 aliphatic heterocycles. The van der Waals surface area contributed by atoms with Crippen molar-refractivity contribution >= 4 is 48.7 Å². The van der Waals surface area contributed by atoms with Crippen molar-refractivity contribution in [2.45, 2.75) is 52.4 Å². The predicted octanol–water partition coefficient (Wildman–Crippen LogP) is 5.61. The fraction of sp³-hybridized carbons (Fsp3) is 0.421. The number of benzene rings is 1. The third kappa shape index (κ3) is 3.39. The lowest BCUT2D eigenvalue weighted by atomic mass is 10.1. The van der Waals surface area contributed by atoms with E-state index in [1.165, 1.54) is 5.56 Å². The van der Waals surface area contributed by atoms with E-state index < -0.39 is 0 Å². The van der Waals surface area contributed by atoms with E-state index in [9.17, 15) is 0 Å². The zero-order valence-corrected chi connectivity index (χ0v) is 18.9. The van der Waals surface area contributed by atoms with Gasteiger partial charge in [0, 0.05) is 11.4 Å². The van der Waals surface area contributed by atoms with E-state index >= 15 is 0 Å². The third-order valence-corrected chi connectivity index (χ3v) is 5.96. The second-order valence-electron chi connectivity index (χ2n) is 6.76. The number of hydrogen-bond acceptors (Lipinski definition) is 4. The molecule has 0 amide bonds. The molecule has 26 heavy (non-hydrogen) atoms. The standard InChI is InChI=1S/C19H23Br2N5/c1-6-13(5)22-16-15(21)14(9-20)23-19-17(16)24-25-26(19)18-11(3)7-10(2)8-12(18)4/h7-8,13H,6,9H2,1-5H3,(H,22,23). The van der Waals surface area contributed by atoms with Crippen molar-refractivity contribution in [1.82, 2.24) is 20.0 Å². The van der Waals surface area contributed by atoms with Gasteiger partial charge in [-0.05, 0) is 61.2 Å². The van der Waals surface area contributed by atoms with Gasteiger partial charge in [-0.25, -0.2) is 4.98 Å². The molecule has 1 N–H and O–H groups in total.